The SMILES string of the molecule is COc1cccc(C[S@@](=O)Cc2ccccc2OC(C)C)c1. The number of rotatable bonds is 7. The maximum atomic E-state index is 12.4. The molecule has 2 aromatic carbocycles. The van der Waals surface area contributed by atoms with E-state index >= 15 is 0 Å². The highest BCUT2D eigenvalue weighted by Crippen LogP contribution is 2.22. The second-order valence-electron chi connectivity index (χ2n) is 5.35. The average molecular weight is 318 g/mol. The Morgan fingerprint density at radius 1 is 1.05 bits per heavy atom. The summed E-state index contributed by atoms with van der Waals surface area (Å²) in [6.07, 6.45) is 0.105. The van der Waals surface area contributed by atoms with Crippen LogP contribution < -0.4 is 9.47 Å². The standard InChI is InChI=1S/C18H22O3S/c1-14(2)21-18-10-5-4-8-16(18)13-22(19)12-15-7-6-9-17(11-15)20-3/h4-11,14H,12-13H2,1-3H3/t22-/m1/s1. The zero-order chi connectivity index (χ0) is 15.9. The molecule has 3 nitrogen and oxygen atoms in total. The predicted molar refractivity (Wildman–Crippen MR) is 90.8 cm³/mol. The van der Waals surface area contributed by atoms with Crippen molar-refractivity contribution in [3.05, 3.63) is 59.7 Å². The van der Waals surface area contributed by atoms with Gasteiger partial charge in [-0.05, 0) is 37.6 Å². The van der Waals surface area contributed by atoms with Gasteiger partial charge in [0.05, 0.1) is 19.0 Å². The van der Waals surface area contributed by atoms with Crippen molar-refractivity contribution in [1.29, 1.82) is 0 Å². The Labute approximate surface area is 134 Å². The summed E-state index contributed by atoms with van der Waals surface area (Å²) in [5.74, 6) is 2.60. The molecule has 0 aromatic heterocycles. The van der Waals surface area contributed by atoms with Crippen LogP contribution in [-0.4, -0.2) is 17.4 Å². The number of para-hydroxylation sites is 1. The van der Waals surface area contributed by atoms with Gasteiger partial charge in [0.15, 0.2) is 0 Å². The molecule has 0 radical (unpaired) electrons. The third-order valence-corrected chi connectivity index (χ3v) is 4.40. The molecule has 0 aliphatic carbocycles. The average Bonchev–Trinajstić information content (AvgIpc) is 2.49. The van der Waals surface area contributed by atoms with E-state index in [2.05, 4.69) is 0 Å². The molecule has 2 aromatic rings. The van der Waals surface area contributed by atoms with Gasteiger partial charge in [-0.15, -0.1) is 0 Å². The summed E-state index contributed by atoms with van der Waals surface area (Å²) in [6, 6.07) is 15.5. The summed E-state index contributed by atoms with van der Waals surface area (Å²) in [5, 5.41) is 0. The molecule has 2 rings (SSSR count). The van der Waals surface area contributed by atoms with Crippen molar-refractivity contribution in [2.45, 2.75) is 31.5 Å². The minimum absolute atomic E-state index is 0.105. The van der Waals surface area contributed by atoms with Crippen LogP contribution in [-0.2, 0) is 22.3 Å². The zero-order valence-corrected chi connectivity index (χ0v) is 14.1. The van der Waals surface area contributed by atoms with Gasteiger partial charge < -0.3 is 9.47 Å². The van der Waals surface area contributed by atoms with Gasteiger partial charge in [-0.3, -0.25) is 4.21 Å². The number of hydrogen-bond acceptors (Lipinski definition) is 3. The Kier molecular flexibility index (Phi) is 6.01. The Morgan fingerprint density at radius 2 is 1.82 bits per heavy atom. The summed E-state index contributed by atoms with van der Waals surface area (Å²) >= 11 is 0. The van der Waals surface area contributed by atoms with Gasteiger partial charge in [0, 0.05) is 22.1 Å². The van der Waals surface area contributed by atoms with E-state index in [4.69, 9.17) is 9.47 Å². The summed E-state index contributed by atoms with van der Waals surface area (Å²) in [6.45, 7) is 3.98. The Morgan fingerprint density at radius 3 is 2.55 bits per heavy atom. The monoisotopic (exact) mass is 318 g/mol. The third kappa shape index (κ3) is 4.88. The fourth-order valence-electron chi connectivity index (χ4n) is 2.16. The molecule has 0 aliphatic rings. The fourth-order valence-corrected chi connectivity index (χ4v) is 3.40. The van der Waals surface area contributed by atoms with Crippen LogP contribution in [0.3, 0.4) is 0 Å². The van der Waals surface area contributed by atoms with Crippen LogP contribution in [0.15, 0.2) is 48.5 Å². The van der Waals surface area contributed by atoms with Gasteiger partial charge >= 0.3 is 0 Å². The molecule has 0 saturated carbocycles. The number of methoxy groups -OCH3 is 1. The molecule has 22 heavy (non-hydrogen) atoms. The van der Waals surface area contributed by atoms with E-state index in [1.54, 1.807) is 7.11 Å². The van der Waals surface area contributed by atoms with Crippen LogP contribution in [0.2, 0.25) is 0 Å². The fraction of sp³-hybridized carbons (Fsp3) is 0.333. The van der Waals surface area contributed by atoms with Gasteiger partial charge in [0.25, 0.3) is 0 Å². The molecule has 0 amide bonds. The van der Waals surface area contributed by atoms with Crippen molar-refractivity contribution in [1.82, 2.24) is 0 Å². The minimum atomic E-state index is -0.993. The first kappa shape index (κ1) is 16.6. The van der Waals surface area contributed by atoms with Crippen LogP contribution in [0, 0.1) is 0 Å². The second-order valence-corrected chi connectivity index (χ2v) is 6.81. The third-order valence-electron chi connectivity index (χ3n) is 3.11. The number of hydrogen-bond donors (Lipinski definition) is 0. The first-order chi connectivity index (χ1) is 10.6. The highest BCUT2D eigenvalue weighted by molar-refractivity contribution is 7.83. The Hall–Kier alpha value is -1.81. The molecule has 4 heteroatoms. The van der Waals surface area contributed by atoms with Crippen LogP contribution in [0.4, 0.5) is 0 Å². The molecule has 1 atom stereocenters. The molecule has 118 valence electrons. The van der Waals surface area contributed by atoms with Crippen molar-refractivity contribution in [2.24, 2.45) is 0 Å². The lowest BCUT2D eigenvalue weighted by Crippen LogP contribution is -2.08. The summed E-state index contributed by atoms with van der Waals surface area (Å²) in [5.41, 5.74) is 2.00. The maximum absolute atomic E-state index is 12.4. The molecule has 0 bridgehead atoms. The van der Waals surface area contributed by atoms with Crippen molar-refractivity contribution in [3.8, 4) is 11.5 Å². The quantitative estimate of drug-likeness (QED) is 0.776. The summed E-state index contributed by atoms with van der Waals surface area (Å²) in [4.78, 5) is 0. The largest absolute Gasteiger partial charge is 0.497 e. The molecule has 0 N–H and O–H groups in total. The van der Waals surface area contributed by atoms with E-state index in [0.717, 1.165) is 22.6 Å². The number of ether oxygens (including phenoxy) is 2. The normalized spacial score (nSPS) is 12.2. The predicted octanol–water partition coefficient (Wildman–Crippen LogP) is 3.93. The molecule has 0 unspecified atom stereocenters. The Bertz CT molecular complexity index is 638. The van der Waals surface area contributed by atoms with Crippen LogP contribution in [0.5, 0.6) is 11.5 Å². The van der Waals surface area contributed by atoms with Crippen molar-refractivity contribution in [2.75, 3.05) is 7.11 Å². The minimum Gasteiger partial charge on any atom is -0.497 e. The topological polar surface area (TPSA) is 35.5 Å². The molecule has 0 heterocycles. The first-order valence-electron chi connectivity index (χ1n) is 7.31. The van der Waals surface area contributed by atoms with Crippen LogP contribution in [0.1, 0.15) is 25.0 Å². The van der Waals surface area contributed by atoms with Gasteiger partial charge in [0.2, 0.25) is 0 Å². The smallest absolute Gasteiger partial charge is 0.123 e. The van der Waals surface area contributed by atoms with E-state index in [0.29, 0.717) is 11.5 Å². The van der Waals surface area contributed by atoms with Crippen LogP contribution >= 0.6 is 0 Å². The molecule has 0 fully saturated rings. The van der Waals surface area contributed by atoms with E-state index in [-0.39, 0.29) is 6.10 Å². The summed E-state index contributed by atoms with van der Waals surface area (Å²) in [7, 11) is 0.642. The highest BCUT2D eigenvalue weighted by Gasteiger charge is 2.10. The van der Waals surface area contributed by atoms with Crippen molar-refractivity contribution < 1.29 is 13.7 Å². The first-order valence-corrected chi connectivity index (χ1v) is 8.79. The number of benzene rings is 2. The van der Waals surface area contributed by atoms with Crippen molar-refractivity contribution >= 4 is 10.8 Å². The molecule has 0 aliphatic heterocycles. The van der Waals surface area contributed by atoms with Crippen molar-refractivity contribution in [3.63, 3.8) is 0 Å². The van der Waals surface area contributed by atoms with E-state index < -0.39 is 10.8 Å². The molecular formula is C18H22O3S. The Balaban J connectivity index is 2.05. The zero-order valence-electron chi connectivity index (χ0n) is 13.2. The maximum Gasteiger partial charge on any atom is 0.123 e. The van der Waals surface area contributed by atoms with E-state index in [1.807, 2.05) is 62.4 Å². The van der Waals surface area contributed by atoms with E-state index in [1.165, 1.54) is 0 Å². The van der Waals surface area contributed by atoms with Gasteiger partial charge in [-0.1, -0.05) is 30.3 Å². The summed E-state index contributed by atoms with van der Waals surface area (Å²) < 4.78 is 23.4. The molecular weight excluding hydrogens is 296 g/mol. The van der Waals surface area contributed by atoms with E-state index in [9.17, 15) is 4.21 Å². The van der Waals surface area contributed by atoms with Crippen LogP contribution in [0.25, 0.3) is 0 Å². The highest BCUT2D eigenvalue weighted by atomic mass is 32.2. The molecule has 0 saturated heterocycles. The lowest BCUT2D eigenvalue weighted by atomic mass is 10.2. The van der Waals surface area contributed by atoms with Gasteiger partial charge in [0.1, 0.15) is 11.5 Å². The lowest BCUT2D eigenvalue weighted by Gasteiger charge is -2.14. The second kappa shape index (κ2) is 7.99. The van der Waals surface area contributed by atoms with Gasteiger partial charge in [-0.25, -0.2) is 0 Å². The lowest BCUT2D eigenvalue weighted by molar-refractivity contribution is 0.240. The van der Waals surface area contributed by atoms with Gasteiger partial charge in [-0.2, -0.15) is 0 Å². The molecule has 0 spiro atoms.